The number of nitro groups is 2. The molecule has 0 aliphatic carbocycles. The van der Waals surface area contributed by atoms with Gasteiger partial charge in [-0.15, -0.1) is 0 Å². The van der Waals surface area contributed by atoms with Crippen LogP contribution in [-0.2, 0) is 11.9 Å². The Bertz CT molecular complexity index is 718. The van der Waals surface area contributed by atoms with Gasteiger partial charge in [-0.05, 0) is 0 Å². The number of nitro benzene ring substituents is 2. The van der Waals surface area contributed by atoms with Crippen molar-refractivity contribution < 1.29 is 9.85 Å². The van der Waals surface area contributed by atoms with Crippen molar-refractivity contribution in [1.29, 1.82) is 0 Å². The van der Waals surface area contributed by atoms with Crippen molar-refractivity contribution in [3.05, 3.63) is 44.0 Å². The number of aryl methyl sites for hydroxylation is 1. The quantitative estimate of drug-likeness (QED) is 0.250. The third-order valence-corrected chi connectivity index (χ3v) is 5.63. The molecule has 2 aromatic rings. The maximum absolute atomic E-state index is 10.9. The first-order valence-electron chi connectivity index (χ1n) is 7.83. The molecule has 0 radical (unpaired) electrons. The SMILES string of the molecule is CCCCCCn1nnnc1[Se]Cc1cc([N+](=O)[O-])cc([N+](=O)[O-])c1. The van der Waals surface area contributed by atoms with Gasteiger partial charge in [0.05, 0.1) is 0 Å². The van der Waals surface area contributed by atoms with Crippen LogP contribution in [0.15, 0.2) is 18.2 Å². The van der Waals surface area contributed by atoms with E-state index in [2.05, 4.69) is 22.4 Å². The third kappa shape index (κ3) is 5.57. The van der Waals surface area contributed by atoms with Crippen molar-refractivity contribution in [2.24, 2.45) is 0 Å². The van der Waals surface area contributed by atoms with Gasteiger partial charge in [-0.3, -0.25) is 0 Å². The predicted octanol–water partition coefficient (Wildman–Crippen LogP) is 1.60. The topological polar surface area (TPSA) is 130 Å². The van der Waals surface area contributed by atoms with Gasteiger partial charge in [-0.2, -0.15) is 0 Å². The normalized spacial score (nSPS) is 10.8. The molecule has 10 nitrogen and oxygen atoms in total. The van der Waals surface area contributed by atoms with Gasteiger partial charge < -0.3 is 0 Å². The number of aromatic nitrogens is 4. The zero-order chi connectivity index (χ0) is 18.2. The van der Waals surface area contributed by atoms with E-state index in [1.54, 1.807) is 4.68 Å². The number of tetrazole rings is 1. The van der Waals surface area contributed by atoms with Crippen LogP contribution in [0.25, 0.3) is 0 Å². The predicted molar refractivity (Wildman–Crippen MR) is 90.8 cm³/mol. The van der Waals surface area contributed by atoms with E-state index in [0.717, 1.165) is 36.6 Å². The molecule has 1 aromatic heterocycles. The van der Waals surface area contributed by atoms with Gasteiger partial charge in [-0.1, -0.05) is 0 Å². The van der Waals surface area contributed by atoms with Crippen molar-refractivity contribution in [2.45, 2.75) is 44.5 Å². The summed E-state index contributed by atoms with van der Waals surface area (Å²) in [5.74, 6) is 0. The summed E-state index contributed by atoms with van der Waals surface area (Å²) in [7, 11) is 0. The first-order chi connectivity index (χ1) is 12.0. The molecule has 0 aliphatic heterocycles. The van der Waals surface area contributed by atoms with Crippen LogP contribution in [-0.4, -0.2) is 45.0 Å². The minimum atomic E-state index is -0.624. The van der Waals surface area contributed by atoms with Gasteiger partial charge >= 0.3 is 150 Å². The van der Waals surface area contributed by atoms with E-state index in [9.17, 15) is 20.2 Å². The van der Waals surface area contributed by atoms with Crippen molar-refractivity contribution in [1.82, 2.24) is 20.2 Å². The second-order valence-corrected chi connectivity index (χ2v) is 7.38. The summed E-state index contributed by atoms with van der Waals surface area (Å²) in [5.41, 5.74) is -0.0141. The van der Waals surface area contributed by atoms with E-state index in [4.69, 9.17) is 0 Å². The molecule has 11 heteroatoms. The van der Waals surface area contributed by atoms with Crippen molar-refractivity contribution in [3.8, 4) is 0 Å². The first-order valence-corrected chi connectivity index (χ1v) is 9.89. The molecule has 0 aliphatic rings. The van der Waals surface area contributed by atoms with Gasteiger partial charge in [-0.25, -0.2) is 0 Å². The maximum atomic E-state index is 10.9. The Kier molecular flexibility index (Phi) is 6.96. The van der Waals surface area contributed by atoms with Crippen LogP contribution in [0.1, 0.15) is 38.2 Å². The fraction of sp³-hybridized carbons (Fsp3) is 0.500. The molecule has 2 rings (SSSR count). The standard InChI is InChI=1S/C14H18N6O4Se/c1-2-3-4-5-6-18-14(15-16-17-18)25-10-11-7-12(19(21)22)9-13(8-11)20(23)24/h7-9H,2-6,10H2,1H3. The Balaban J connectivity index is 2.05. The van der Waals surface area contributed by atoms with E-state index in [0.29, 0.717) is 10.9 Å². The number of rotatable bonds is 10. The zero-order valence-electron chi connectivity index (χ0n) is 13.7. The van der Waals surface area contributed by atoms with Crippen LogP contribution in [0.3, 0.4) is 0 Å². The summed E-state index contributed by atoms with van der Waals surface area (Å²) in [6, 6.07) is 3.70. The molecule has 0 unspecified atom stereocenters. The monoisotopic (exact) mass is 414 g/mol. The van der Waals surface area contributed by atoms with E-state index in [1.807, 2.05) is 0 Å². The molecule has 0 atom stereocenters. The van der Waals surface area contributed by atoms with E-state index in [-0.39, 0.29) is 26.3 Å². The van der Waals surface area contributed by atoms with Crippen molar-refractivity contribution in [3.63, 3.8) is 0 Å². The van der Waals surface area contributed by atoms with Crippen LogP contribution in [0.4, 0.5) is 11.4 Å². The Labute approximate surface area is 150 Å². The molecule has 0 saturated carbocycles. The molecule has 0 fully saturated rings. The van der Waals surface area contributed by atoms with Gasteiger partial charge in [0.25, 0.3) is 0 Å². The fourth-order valence-electron chi connectivity index (χ4n) is 2.23. The Morgan fingerprint density at radius 2 is 1.76 bits per heavy atom. The second-order valence-electron chi connectivity index (χ2n) is 5.41. The molecule has 0 amide bonds. The van der Waals surface area contributed by atoms with Crippen LogP contribution in [0.5, 0.6) is 0 Å². The number of hydrogen-bond donors (Lipinski definition) is 0. The summed E-state index contributed by atoms with van der Waals surface area (Å²) in [4.78, 5) is 20.6. The van der Waals surface area contributed by atoms with Gasteiger partial charge in [0, 0.05) is 0 Å². The molecule has 25 heavy (non-hydrogen) atoms. The van der Waals surface area contributed by atoms with Crippen LogP contribution < -0.4 is 4.72 Å². The summed E-state index contributed by atoms with van der Waals surface area (Å²) in [5, 5.41) is 34.0. The molecule has 0 bridgehead atoms. The molecule has 0 saturated heterocycles. The number of unbranched alkanes of at least 4 members (excludes halogenated alkanes) is 3. The molecular formula is C14H18N6O4Se. The van der Waals surface area contributed by atoms with Crippen LogP contribution in [0.2, 0.25) is 0 Å². The summed E-state index contributed by atoms with van der Waals surface area (Å²) in [6.45, 7) is 2.88. The summed E-state index contributed by atoms with van der Waals surface area (Å²) < 4.78 is 2.49. The Morgan fingerprint density at radius 1 is 1.08 bits per heavy atom. The van der Waals surface area contributed by atoms with Crippen molar-refractivity contribution in [2.75, 3.05) is 0 Å². The second kappa shape index (κ2) is 9.19. The van der Waals surface area contributed by atoms with Gasteiger partial charge in [0.1, 0.15) is 0 Å². The fourth-order valence-corrected chi connectivity index (χ4v) is 3.98. The molecule has 1 heterocycles. The minimum absolute atomic E-state index is 0.169. The molecule has 0 N–H and O–H groups in total. The third-order valence-electron chi connectivity index (χ3n) is 3.47. The van der Waals surface area contributed by atoms with Crippen molar-refractivity contribution >= 4 is 31.1 Å². The molecular weight excluding hydrogens is 395 g/mol. The summed E-state index contributed by atoms with van der Waals surface area (Å²) >= 11 is -0.169. The first kappa shape index (κ1) is 18.9. The van der Waals surface area contributed by atoms with Gasteiger partial charge in [0.2, 0.25) is 0 Å². The Hall–Kier alpha value is -2.39. The number of nitrogens with zero attached hydrogens (tertiary/aromatic N) is 6. The average molecular weight is 413 g/mol. The van der Waals surface area contributed by atoms with E-state index < -0.39 is 9.85 Å². The average Bonchev–Trinajstić information content (AvgIpc) is 3.04. The van der Waals surface area contributed by atoms with Crippen LogP contribution >= 0.6 is 0 Å². The Morgan fingerprint density at radius 3 is 2.36 bits per heavy atom. The van der Waals surface area contributed by atoms with Crippen LogP contribution in [0, 0.1) is 20.2 Å². The molecule has 134 valence electrons. The van der Waals surface area contributed by atoms with Gasteiger partial charge in [0.15, 0.2) is 0 Å². The zero-order valence-corrected chi connectivity index (χ0v) is 15.4. The molecule has 0 spiro atoms. The van der Waals surface area contributed by atoms with E-state index >= 15 is 0 Å². The number of hydrogen-bond acceptors (Lipinski definition) is 7. The summed E-state index contributed by atoms with van der Waals surface area (Å²) in [6.07, 6.45) is 4.42. The number of non-ortho nitro benzene ring substituents is 2. The molecule has 1 aromatic carbocycles. The number of benzene rings is 1. The van der Waals surface area contributed by atoms with E-state index in [1.165, 1.54) is 18.6 Å².